The molecule has 0 atom stereocenters. The molecule has 134 valence electrons. The summed E-state index contributed by atoms with van der Waals surface area (Å²) in [5, 5.41) is 13.1. The van der Waals surface area contributed by atoms with E-state index in [1.54, 1.807) is 24.3 Å². The Balaban J connectivity index is 1.94. The SMILES string of the molecule is CCOc1cc(/C=C2\NC(=S)N(c3ccccc3CC)C2=O)ccc1O. The molecule has 0 saturated carbocycles. The number of hydrogen-bond donors (Lipinski definition) is 2. The fourth-order valence-electron chi connectivity index (χ4n) is 2.84. The van der Waals surface area contributed by atoms with Gasteiger partial charge in [-0.15, -0.1) is 0 Å². The number of thiocarbonyl (C=S) groups is 1. The van der Waals surface area contributed by atoms with E-state index in [4.69, 9.17) is 17.0 Å². The van der Waals surface area contributed by atoms with E-state index < -0.39 is 0 Å². The van der Waals surface area contributed by atoms with Gasteiger partial charge in [-0.2, -0.15) is 0 Å². The molecular formula is C20H20N2O3S. The smallest absolute Gasteiger partial charge is 0.281 e. The number of benzene rings is 2. The summed E-state index contributed by atoms with van der Waals surface area (Å²) in [7, 11) is 0. The van der Waals surface area contributed by atoms with Gasteiger partial charge < -0.3 is 15.2 Å². The van der Waals surface area contributed by atoms with E-state index in [0.29, 0.717) is 23.2 Å². The molecule has 0 aliphatic carbocycles. The van der Waals surface area contributed by atoms with Gasteiger partial charge >= 0.3 is 0 Å². The summed E-state index contributed by atoms with van der Waals surface area (Å²) in [4.78, 5) is 14.4. The molecule has 1 aliphatic heterocycles. The normalized spacial score (nSPS) is 15.5. The summed E-state index contributed by atoms with van der Waals surface area (Å²) in [6.45, 7) is 4.32. The van der Waals surface area contributed by atoms with Crippen LogP contribution in [0.5, 0.6) is 11.5 Å². The number of phenols is 1. The van der Waals surface area contributed by atoms with Crippen LogP contribution >= 0.6 is 12.2 Å². The Hall–Kier alpha value is -2.86. The summed E-state index contributed by atoms with van der Waals surface area (Å²) in [5.41, 5.74) is 2.96. The number of anilines is 1. The molecule has 2 aromatic rings. The first kappa shape index (κ1) is 17.9. The van der Waals surface area contributed by atoms with Crippen LogP contribution in [0.4, 0.5) is 5.69 Å². The molecule has 5 nitrogen and oxygen atoms in total. The maximum Gasteiger partial charge on any atom is 0.281 e. The lowest BCUT2D eigenvalue weighted by atomic mass is 10.1. The highest BCUT2D eigenvalue weighted by Gasteiger charge is 2.32. The van der Waals surface area contributed by atoms with Crippen molar-refractivity contribution in [2.45, 2.75) is 20.3 Å². The van der Waals surface area contributed by atoms with E-state index in [1.807, 2.05) is 38.1 Å². The van der Waals surface area contributed by atoms with Crippen molar-refractivity contribution in [3.8, 4) is 11.5 Å². The molecule has 26 heavy (non-hydrogen) atoms. The summed E-state index contributed by atoms with van der Waals surface area (Å²) in [6.07, 6.45) is 2.50. The Morgan fingerprint density at radius 3 is 2.73 bits per heavy atom. The van der Waals surface area contributed by atoms with Gasteiger partial charge in [-0.3, -0.25) is 9.69 Å². The fraction of sp³-hybridized carbons (Fsp3) is 0.200. The second-order valence-electron chi connectivity index (χ2n) is 5.77. The molecule has 1 fully saturated rings. The number of phenolic OH excluding ortho intramolecular Hbond substituents is 1. The van der Waals surface area contributed by atoms with Crippen molar-refractivity contribution in [3.63, 3.8) is 0 Å². The third-order valence-corrected chi connectivity index (χ3v) is 4.37. The minimum Gasteiger partial charge on any atom is -0.504 e. The van der Waals surface area contributed by atoms with Gasteiger partial charge in [0.2, 0.25) is 0 Å². The van der Waals surface area contributed by atoms with E-state index in [0.717, 1.165) is 23.2 Å². The summed E-state index contributed by atoms with van der Waals surface area (Å²) in [6, 6.07) is 12.7. The van der Waals surface area contributed by atoms with Gasteiger partial charge in [0.05, 0.1) is 12.3 Å². The van der Waals surface area contributed by atoms with Crippen molar-refractivity contribution in [1.29, 1.82) is 0 Å². The second-order valence-corrected chi connectivity index (χ2v) is 6.16. The number of aryl methyl sites for hydroxylation is 1. The zero-order chi connectivity index (χ0) is 18.7. The number of nitrogens with one attached hydrogen (secondary N) is 1. The van der Waals surface area contributed by atoms with Crippen molar-refractivity contribution < 1.29 is 14.6 Å². The van der Waals surface area contributed by atoms with Crippen LogP contribution in [0, 0.1) is 0 Å². The van der Waals surface area contributed by atoms with Gasteiger partial charge in [-0.1, -0.05) is 31.2 Å². The highest BCUT2D eigenvalue weighted by Crippen LogP contribution is 2.29. The topological polar surface area (TPSA) is 61.8 Å². The molecule has 0 aromatic heterocycles. The first-order chi connectivity index (χ1) is 12.5. The summed E-state index contributed by atoms with van der Waals surface area (Å²) >= 11 is 5.38. The number of aromatic hydroxyl groups is 1. The molecule has 0 unspecified atom stereocenters. The Labute approximate surface area is 157 Å². The lowest BCUT2D eigenvalue weighted by molar-refractivity contribution is -0.113. The van der Waals surface area contributed by atoms with E-state index in [9.17, 15) is 9.90 Å². The average molecular weight is 368 g/mol. The van der Waals surface area contributed by atoms with Crippen LogP contribution in [0.25, 0.3) is 6.08 Å². The van der Waals surface area contributed by atoms with Crippen molar-refractivity contribution in [3.05, 3.63) is 59.3 Å². The zero-order valence-corrected chi connectivity index (χ0v) is 15.5. The number of amides is 1. The standard InChI is InChI=1S/C20H20N2O3S/c1-3-14-7-5-6-8-16(14)22-19(24)15(21-20(22)26)11-13-9-10-17(23)18(12-13)25-4-2/h5-12,23H,3-4H2,1-2H3,(H,21,26)/b15-11-. The van der Waals surface area contributed by atoms with Gasteiger partial charge in [0.15, 0.2) is 16.6 Å². The Kier molecular flexibility index (Phi) is 5.23. The molecule has 1 amide bonds. The number of ether oxygens (including phenoxy) is 1. The molecule has 0 bridgehead atoms. The number of hydrogen-bond acceptors (Lipinski definition) is 4. The molecule has 1 heterocycles. The molecule has 1 saturated heterocycles. The van der Waals surface area contributed by atoms with Gasteiger partial charge in [-0.25, -0.2) is 0 Å². The molecule has 2 N–H and O–H groups in total. The Morgan fingerprint density at radius 1 is 1.23 bits per heavy atom. The van der Waals surface area contributed by atoms with Gasteiger partial charge in [0, 0.05) is 0 Å². The van der Waals surface area contributed by atoms with Crippen LogP contribution in [-0.4, -0.2) is 22.7 Å². The lowest BCUT2D eigenvalue weighted by Crippen LogP contribution is -2.31. The molecule has 3 rings (SSSR count). The number of carbonyl (C=O) groups is 1. The Bertz CT molecular complexity index is 892. The maximum atomic E-state index is 12.9. The third-order valence-electron chi connectivity index (χ3n) is 4.09. The second kappa shape index (κ2) is 7.58. The monoisotopic (exact) mass is 368 g/mol. The van der Waals surface area contributed by atoms with Gasteiger partial charge in [0.1, 0.15) is 5.70 Å². The molecular weight excluding hydrogens is 348 g/mol. The van der Waals surface area contributed by atoms with Crippen LogP contribution in [0.2, 0.25) is 0 Å². The minimum absolute atomic E-state index is 0.0636. The lowest BCUT2D eigenvalue weighted by Gasteiger charge is -2.17. The number of carbonyl (C=O) groups excluding carboxylic acids is 1. The van der Waals surface area contributed by atoms with Crippen molar-refractivity contribution in [1.82, 2.24) is 5.32 Å². The largest absolute Gasteiger partial charge is 0.504 e. The predicted molar refractivity (Wildman–Crippen MR) is 106 cm³/mol. The molecule has 0 radical (unpaired) electrons. The summed E-state index contributed by atoms with van der Waals surface area (Å²) in [5.74, 6) is 0.235. The number of nitrogens with zero attached hydrogens (tertiary/aromatic N) is 1. The molecule has 1 aliphatic rings. The Morgan fingerprint density at radius 2 is 2.00 bits per heavy atom. The van der Waals surface area contributed by atoms with E-state index in [-0.39, 0.29) is 11.7 Å². The van der Waals surface area contributed by atoms with E-state index in [1.165, 1.54) is 4.90 Å². The maximum absolute atomic E-state index is 12.9. The average Bonchev–Trinajstić information content (AvgIpc) is 2.91. The first-order valence-corrected chi connectivity index (χ1v) is 8.86. The summed E-state index contributed by atoms with van der Waals surface area (Å²) < 4.78 is 5.39. The fourth-order valence-corrected chi connectivity index (χ4v) is 3.13. The van der Waals surface area contributed by atoms with Crippen LogP contribution in [0.3, 0.4) is 0 Å². The third kappa shape index (κ3) is 3.41. The highest BCUT2D eigenvalue weighted by molar-refractivity contribution is 7.80. The van der Waals surface area contributed by atoms with Crippen molar-refractivity contribution >= 4 is 35.0 Å². The van der Waals surface area contributed by atoms with Gasteiger partial charge in [-0.05, 0) is 61.0 Å². The van der Waals surface area contributed by atoms with Crippen LogP contribution in [-0.2, 0) is 11.2 Å². The van der Waals surface area contributed by atoms with Crippen molar-refractivity contribution in [2.24, 2.45) is 0 Å². The number of rotatable bonds is 5. The van der Waals surface area contributed by atoms with Gasteiger partial charge in [0.25, 0.3) is 5.91 Å². The zero-order valence-electron chi connectivity index (χ0n) is 14.7. The highest BCUT2D eigenvalue weighted by atomic mass is 32.1. The molecule has 6 heteroatoms. The van der Waals surface area contributed by atoms with Crippen molar-refractivity contribution in [2.75, 3.05) is 11.5 Å². The first-order valence-electron chi connectivity index (χ1n) is 8.46. The van der Waals surface area contributed by atoms with Crippen LogP contribution in [0.15, 0.2) is 48.2 Å². The van der Waals surface area contributed by atoms with Crippen LogP contribution < -0.4 is 15.0 Å². The predicted octanol–water partition coefficient (Wildman–Crippen LogP) is 3.62. The van der Waals surface area contributed by atoms with E-state index in [2.05, 4.69) is 5.32 Å². The van der Waals surface area contributed by atoms with E-state index >= 15 is 0 Å². The number of para-hydroxylation sites is 1. The minimum atomic E-state index is -0.207. The van der Waals surface area contributed by atoms with Crippen LogP contribution in [0.1, 0.15) is 25.0 Å². The molecule has 0 spiro atoms. The molecule has 2 aromatic carbocycles. The quantitative estimate of drug-likeness (QED) is 0.624.